The topological polar surface area (TPSA) is 22.1 Å². The third-order valence-corrected chi connectivity index (χ3v) is 3.26. The SMILES string of the molecule is CC(C)(C)c1ccnc(OCc2ccc(F)c(Cl)c2)c1. The van der Waals surface area contributed by atoms with E-state index in [1.54, 1.807) is 18.3 Å². The minimum Gasteiger partial charge on any atom is -0.473 e. The highest BCUT2D eigenvalue weighted by molar-refractivity contribution is 6.30. The second kappa shape index (κ2) is 5.80. The van der Waals surface area contributed by atoms with E-state index < -0.39 is 5.82 Å². The number of halogens is 2. The van der Waals surface area contributed by atoms with Crippen LogP contribution in [0.3, 0.4) is 0 Å². The van der Waals surface area contributed by atoms with Gasteiger partial charge in [0.2, 0.25) is 5.88 Å². The lowest BCUT2D eigenvalue weighted by Gasteiger charge is -2.19. The van der Waals surface area contributed by atoms with E-state index in [0.717, 1.165) is 11.1 Å². The molecule has 106 valence electrons. The maximum absolute atomic E-state index is 13.1. The van der Waals surface area contributed by atoms with Crippen molar-refractivity contribution in [3.05, 3.63) is 58.5 Å². The van der Waals surface area contributed by atoms with Crippen LogP contribution in [0, 0.1) is 5.82 Å². The molecule has 0 amide bonds. The predicted octanol–water partition coefficient (Wildman–Crippen LogP) is 4.75. The highest BCUT2D eigenvalue weighted by Gasteiger charge is 2.14. The molecule has 1 heterocycles. The Labute approximate surface area is 123 Å². The Morgan fingerprint density at radius 1 is 1.20 bits per heavy atom. The Kier molecular flexibility index (Phi) is 4.29. The molecular formula is C16H17ClFNO. The zero-order valence-corrected chi connectivity index (χ0v) is 12.5. The molecule has 0 aliphatic heterocycles. The van der Waals surface area contributed by atoms with Gasteiger partial charge in [-0.25, -0.2) is 9.37 Å². The van der Waals surface area contributed by atoms with E-state index in [1.807, 2.05) is 12.1 Å². The molecule has 0 unspecified atom stereocenters. The standard InChI is InChI=1S/C16H17ClFNO/c1-16(2,3)12-6-7-19-15(9-12)20-10-11-4-5-14(18)13(17)8-11/h4-9H,10H2,1-3H3. The highest BCUT2D eigenvalue weighted by atomic mass is 35.5. The predicted molar refractivity (Wildman–Crippen MR) is 78.7 cm³/mol. The fraction of sp³-hybridized carbons (Fsp3) is 0.312. The van der Waals surface area contributed by atoms with E-state index in [-0.39, 0.29) is 10.4 Å². The van der Waals surface area contributed by atoms with Crippen molar-refractivity contribution in [3.63, 3.8) is 0 Å². The quantitative estimate of drug-likeness (QED) is 0.814. The Bertz CT molecular complexity index is 608. The Hall–Kier alpha value is -1.61. The van der Waals surface area contributed by atoms with Crippen LogP contribution >= 0.6 is 11.6 Å². The number of nitrogens with zero attached hydrogens (tertiary/aromatic N) is 1. The Balaban J connectivity index is 2.09. The maximum Gasteiger partial charge on any atom is 0.213 e. The molecule has 1 aromatic carbocycles. The molecule has 0 spiro atoms. The first kappa shape index (κ1) is 14.8. The summed E-state index contributed by atoms with van der Waals surface area (Å²) in [5, 5.41) is 0.0995. The van der Waals surface area contributed by atoms with Crippen molar-refractivity contribution in [2.24, 2.45) is 0 Å². The summed E-state index contributed by atoms with van der Waals surface area (Å²) >= 11 is 5.73. The van der Waals surface area contributed by atoms with Crippen molar-refractivity contribution in [1.29, 1.82) is 0 Å². The van der Waals surface area contributed by atoms with Gasteiger partial charge in [0.25, 0.3) is 0 Å². The monoisotopic (exact) mass is 293 g/mol. The number of hydrogen-bond acceptors (Lipinski definition) is 2. The van der Waals surface area contributed by atoms with Gasteiger partial charge in [0.15, 0.2) is 0 Å². The minimum atomic E-state index is -0.428. The molecule has 1 aromatic heterocycles. The summed E-state index contributed by atoms with van der Waals surface area (Å²) in [4.78, 5) is 4.18. The van der Waals surface area contributed by atoms with Crippen LogP contribution in [0.4, 0.5) is 4.39 Å². The fourth-order valence-electron chi connectivity index (χ4n) is 1.74. The van der Waals surface area contributed by atoms with Gasteiger partial charge in [0.05, 0.1) is 5.02 Å². The first-order valence-corrected chi connectivity index (χ1v) is 6.77. The zero-order valence-electron chi connectivity index (χ0n) is 11.8. The van der Waals surface area contributed by atoms with Gasteiger partial charge in [0.1, 0.15) is 12.4 Å². The van der Waals surface area contributed by atoms with Crippen molar-refractivity contribution in [1.82, 2.24) is 4.98 Å². The lowest BCUT2D eigenvalue weighted by atomic mass is 9.88. The molecule has 2 rings (SSSR count). The first-order chi connectivity index (χ1) is 9.36. The molecule has 0 saturated heterocycles. The summed E-state index contributed by atoms with van der Waals surface area (Å²) in [5.74, 6) is 0.126. The van der Waals surface area contributed by atoms with Crippen LogP contribution < -0.4 is 4.74 Å². The molecule has 0 aliphatic carbocycles. The van der Waals surface area contributed by atoms with Gasteiger partial charge in [-0.05, 0) is 34.7 Å². The van der Waals surface area contributed by atoms with Crippen molar-refractivity contribution < 1.29 is 9.13 Å². The average molecular weight is 294 g/mol. The highest BCUT2D eigenvalue weighted by Crippen LogP contribution is 2.24. The molecule has 20 heavy (non-hydrogen) atoms. The largest absolute Gasteiger partial charge is 0.473 e. The summed E-state index contributed by atoms with van der Waals surface area (Å²) in [6.45, 7) is 6.70. The number of aromatic nitrogens is 1. The average Bonchev–Trinajstić information content (AvgIpc) is 2.39. The number of pyridine rings is 1. The summed E-state index contributed by atoms with van der Waals surface area (Å²) in [7, 11) is 0. The Morgan fingerprint density at radius 3 is 2.60 bits per heavy atom. The zero-order chi connectivity index (χ0) is 14.8. The van der Waals surface area contributed by atoms with Gasteiger partial charge in [0, 0.05) is 12.3 Å². The summed E-state index contributed by atoms with van der Waals surface area (Å²) in [6.07, 6.45) is 1.73. The maximum atomic E-state index is 13.1. The molecule has 0 bridgehead atoms. The van der Waals surface area contributed by atoms with Crippen LogP contribution in [0.25, 0.3) is 0 Å². The molecule has 0 fully saturated rings. The normalized spacial score (nSPS) is 11.4. The third-order valence-electron chi connectivity index (χ3n) is 2.97. The number of benzene rings is 1. The first-order valence-electron chi connectivity index (χ1n) is 6.39. The lowest BCUT2D eigenvalue weighted by molar-refractivity contribution is 0.293. The molecule has 0 radical (unpaired) electrons. The van der Waals surface area contributed by atoms with Gasteiger partial charge in [-0.3, -0.25) is 0 Å². The van der Waals surface area contributed by atoms with Gasteiger partial charge in [-0.15, -0.1) is 0 Å². The van der Waals surface area contributed by atoms with E-state index in [0.29, 0.717) is 12.5 Å². The summed E-state index contributed by atoms with van der Waals surface area (Å²) in [5.41, 5.74) is 2.00. The van der Waals surface area contributed by atoms with Crippen molar-refractivity contribution in [2.45, 2.75) is 32.8 Å². The second-order valence-corrected chi connectivity index (χ2v) is 6.08. The van der Waals surface area contributed by atoms with Crippen LogP contribution in [-0.2, 0) is 12.0 Å². The Morgan fingerprint density at radius 2 is 1.95 bits per heavy atom. The third kappa shape index (κ3) is 3.70. The molecule has 0 saturated carbocycles. The molecule has 0 N–H and O–H groups in total. The van der Waals surface area contributed by atoms with E-state index in [4.69, 9.17) is 16.3 Å². The van der Waals surface area contributed by atoms with Crippen LogP contribution in [0.15, 0.2) is 36.5 Å². The molecule has 0 atom stereocenters. The molecule has 4 heteroatoms. The van der Waals surface area contributed by atoms with E-state index in [1.165, 1.54) is 6.07 Å². The van der Waals surface area contributed by atoms with E-state index >= 15 is 0 Å². The summed E-state index contributed by atoms with van der Waals surface area (Å²) in [6, 6.07) is 8.44. The van der Waals surface area contributed by atoms with Gasteiger partial charge in [-0.2, -0.15) is 0 Å². The van der Waals surface area contributed by atoms with Crippen molar-refractivity contribution >= 4 is 11.6 Å². The lowest BCUT2D eigenvalue weighted by Crippen LogP contribution is -2.11. The van der Waals surface area contributed by atoms with Gasteiger partial charge >= 0.3 is 0 Å². The molecule has 2 aromatic rings. The second-order valence-electron chi connectivity index (χ2n) is 5.67. The van der Waals surface area contributed by atoms with Crippen molar-refractivity contribution in [3.8, 4) is 5.88 Å². The van der Waals surface area contributed by atoms with Crippen LogP contribution in [0.5, 0.6) is 5.88 Å². The molecular weight excluding hydrogens is 277 g/mol. The van der Waals surface area contributed by atoms with Crippen LogP contribution in [-0.4, -0.2) is 4.98 Å². The van der Waals surface area contributed by atoms with Crippen LogP contribution in [0.2, 0.25) is 5.02 Å². The van der Waals surface area contributed by atoms with E-state index in [2.05, 4.69) is 25.8 Å². The minimum absolute atomic E-state index is 0.0419. The molecule has 0 aliphatic rings. The summed E-state index contributed by atoms with van der Waals surface area (Å²) < 4.78 is 18.7. The fourth-order valence-corrected chi connectivity index (χ4v) is 1.94. The van der Waals surface area contributed by atoms with Gasteiger partial charge < -0.3 is 4.74 Å². The molecule has 2 nitrogen and oxygen atoms in total. The van der Waals surface area contributed by atoms with Gasteiger partial charge in [-0.1, -0.05) is 38.4 Å². The van der Waals surface area contributed by atoms with Crippen LogP contribution in [0.1, 0.15) is 31.9 Å². The number of ether oxygens (including phenoxy) is 1. The number of rotatable bonds is 3. The van der Waals surface area contributed by atoms with E-state index in [9.17, 15) is 4.39 Å². The van der Waals surface area contributed by atoms with Crippen molar-refractivity contribution in [2.75, 3.05) is 0 Å². The number of hydrogen-bond donors (Lipinski definition) is 0. The smallest absolute Gasteiger partial charge is 0.213 e.